The van der Waals surface area contributed by atoms with Crippen LogP contribution in [0.1, 0.15) is 6.92 Å². The summed E-state index contributed by atoms with van der Waals surface area (Å²) < 4.78 is 0. The summed E-state index contributed by atoms with van der Waals surface area (Å²) in [5.74, 6) is 0.646. The second-order valence-electron chi connectivity index (χ2n) is 3.64. The average molecular weight is 285 g/mol. The lowest BCUT2D eigenvalue weighted by atomic mass is 10.3. The summed E-state index contributed by atoms with van der Waals surface area (Å²) in [5.41, 5.74) is 0. The molecule has 0 spiro atoms. The second kappa shape index (κ2) is 5.49. The van der Waals surface area contributed by atoms with Crippen LogP contribution >= 0.6 is 22.9 Å². The number of nitrogens with one attached hydrogen (secondary N) is 1. The van der Waals surface area contributed by atoms with Crippen molar-refractivity contribution >= 4 is 44.9 Å². The van der Waals surface area contributed by atoms with Crippen LogP contribution in [0, 0.1) is 0 Å². The molecule has 2 aromatic heterocycles. The minimum Gasteiger partial charge on any atom is -0.358 e. The number of carbonyl (C=O) groups is 1. The van der Waals surface area contributed by atoms with Gasteiger partial charge in [0.05, 0.1) is 11.9 Å². The van der Waals surface area contributed by atoms with E-state index < -0.39 is 0 Å². The van der Waals surface area contributed by atoms with Crippen molar-refractivity contribution in [3.05, 3.63) is 16.7 Å². The lowest BCUT2D eigenvalue weighted by Gasteiger charge is -2.21. The number of carbonyl (C=O) groups excluding carboxylic acids is 1. The van der Waals surface area contributed by atoms with Crippen LogP contribution in [0.5, 0.6) is 0 Å². The summed E-state index contributed by atoms with van der Waals surface area (Å²) in [6.45, 7) is 2.90. The third-order valence-electron chi connectivity index (χ3n) is 2.57. The first kappa shape index (κ1) is 13.0. The Labute approximate surface area is 114 Å². The molecule has 18 heavy (non-hydrogen) atoms. The van der Waals surface area contributed by atoms with E-state index in [1.54, 1.807) is 7.05 Å². The summed E-state index contributed by atoms with van der Waals surface area (Å²) in [7, 11) is 1.61. The minimum absolute atomic E-state index is 0.0602. The van der Waals surface area contributed by atoms with Gasteiger partial charge in [-0.15, -0.1) is 11.3 Å². The van der Waals surface area contributed by atoms with Gasteiger partial charge >= 0.3 is 0 Å². The molecule has 0 saturated carbocycles. The molecule has 1 amide bonds. The topological polar surface area (TPSA) is 58.1 Å². The van der Waals surface area contributed by atoms with E-state index in [4.69, 9.17) is 11.6 Å². The van der Waals surface area contributed by atoms with Crippen LogP contribution in [-0.4, -0.2) is 36.0 Å². The van der Waals surface area contributed by atoms with Gasteiger partial charge in [0.25, 0.3) is 0 Å². The molecule has 0 bridgehead atoms. The summed E-state index contributed by atoms with van der Waals surface area (Å²) in [4.78, 5) is 22.6. The lowest BCUT2D eigenvalue weighted by molar-refractivity contribution is -0.119. The van der Waals surface area contributed by atoms with Crippen molar-refractivity contribution in [1.29, 1.82) is 0 Å². The van der Waals surface area contributed by atoms with E-state index in [1.807, 2.05) is 23.3 Å². The molecule has 96 valence electrons. The lowest BCUT2D eigenvalue weighted by Crippen LogP contribution is -2.36. The first-order chi connectivity index (χ1) is 8.65. The molecule has 0 aliphatic carbocycles. The second-order valence-corrected chi connectivity index (χ2v) is 4.88. The van der Waals surface area contributed by atoms with E-state index in [1.165, 1.54) is 11.3 Å². The number of likely N-dealkylation sites (N-methyl/N-ethyl adjacent to an activating group) is 2. The fourth-order valence-electron chi connectivity index (χ4n) is 1.64. The number of anilines is 1. The minimum atomic E-state index is -0.0602. The summed E-state index contributed by atoms with van der Waals surface area (Å²) in [6, 6.07) is 1.94. The average Bonchev–Trinajstić information content (AvgIpc) is 2.82. The van der Waals surface area contributed by atoms with Crippen LogP contribution in [-0.2, 0) is 4.79 Å². The highest BCUT2D eigenvalue weighted by atomic mass is 35.5. The smallest absolute Gasteiger partial charge is 0.239 e. The van der Waals surface area contributed by atoms with Gasteiger partial charge in [0, 0.05) is 13.6 Å². The van der Waals surface area contributed by atoms with Crippen LogP contribution < -0.4 is 10.2 Å². The van der Waals surface area contributed by atoms with Crippen molar-refractivity contribution in [2.75, 3.05) is 25.0 Å². The van der Waals surface area contributed by atoms with Crippen LogP contribution in [0.3, 0.4) is 0 Å². The molecular formula is C11H13ClN4OS. The molecule has 7 heteroatoms. The van der Waals surface area contributed by atoms with E-state index in [9.17, 15) is 4.79 Å². The molecule has 2 heterocycles. The molecule has 0 atom stereocenters. The molecule has 5 nitrogen and oxygen atoms in total. The predicted molar refractivity (Wildman–Crippen MR) is 74.4 cm³/mol. The monoisotopic (exact) mass is 284 g/mol. The van der Waals surface area contributed by atoms with Crippen LogP contribution in [0.15, 0.2) is 11.4 Å². The highest BCUT2D eigenvalue weighted by molar-refractivity contribution is 7.16. The van der Waals surface area contributed by atoms with Gasteiger partial charge in [-0.05, 0) is 30.0 Å². The Morgan fingerprint density at radius 3 is 3.00 bits per heavy atom. The Morgan fingerprint density at radius 1 is 1.56 bits per heavy atom. The van der Waals surface area contributed by atoms with Crippen molar-refractivity contribution in [2.45, 2.75) is 6.92 Å². The number of thiophene rings is 1. The van der Waals surface area contributed by atoms with Crippen molar-refractivity contribution in [1.82, 2.24) is 15.3 Å². The largest absolute Gasteiger partial charge is 0.358 e. The molecule has 0 saturated heterocycles. The van der Waals surface area contributed by atoms with Crippen LogP contribution in [0.25, 0.3) is 10.2 Å². The van der Waals surface area contributed by atoms with Crippen molar-refractivity contribution in [3.8, 4) is 0 Å². The standard InChI is InChI=1S/C11H13ClN4OS/c1-3-16(6-8(17)13-2)9-7-4-5-18-10(7)15-11(12)14-9/h4-5H,3,6H2,1-2H3,(H,13,17). The molecule has 0 aromatic carbocycles. The molecule has 2 rings (SSSR count). The van der Waals surface area contributed by atoms with Crippen molar-refractivity contribution < 1.29 is 4.79 Å². The number of rotatable bonds is 4. The Hall–Kier alpha value is -1.40. The number of fused-ring (bicyclic) bond motifs is 1. The molecule has 2 aromatic rings. The number of halogens is 1. The highest BCUT2D eigenvalue weighted by Crippen LogP contribution is 2.28. The van der Waals surface area contributed by atoms with E-state index in [0.717, 1.165) is 10.2 Å². The maximum atomic E-state index is 11.5. The van der Waals surface area contributed by atoms with Gasteiger partial charge in [0.2, 0.25) is 11.2 Å². The third-order valence-corrected chi connectivity index (χ3v) is 3.55. The van der Waals surface area contributed by atoms with Crippen molar-refractivity contribution in [3.63, 3.8) is 0 Å². The SMILES string of the molecule is CCN(CC(=O)NC)c1nc(Cl)nc2sccc12. The Bertz CT molecular complexity index is 571. The molecule has 0 aliphatic heterocycles. The van der Waals surface area contributed by atoms with E-state index in [0.29, 0.717) is 12.4 Å². The Kier molecular flexibility index (Phi) is 3.98. The van der Waals surface area contributed by atoms with Gasteiger partial charge in [-0.2, -0.15) is 4.98 Å². The number of nitrogens with zero attached hydrogens (tertiary/aromatic N) is 3. The summed E-state index contributed by atoms with van der Waals surface area (Å²) >= 11 is 7.41. The molecule has 0 aliphatic rings. The third kappa shape index (κ3) is 2.54. The first-order valence-corrected chi connectivity index (χ1v) is 6.77. The van der Waals surface area contributed by atoms with Crippen LogP contribution in [0.2, 0.25) is 5.28 Å². The molecule has 1 N–H and O–H groups in total. The van der Waals surface area contributed by atoms with Gasteiger partial charge in [-0.1, -0.05) is 0 Å². The number of hydrogen-bond donors (Lipinski definition) is 1. The van der Waals surface area contributed by atoms with Gasteiger partial charge in [-0.25, -0.2) is 4.98 Å². The first-order valence-electron chi connectivity index (χ1n) is 5.52. The highest BCUT2D eigenvalue weighted by Gasteiger charge is 2.15. The zero-order valence-corrected chi connectivity index (χ0v) is 11.7. The Morgan fingerprint density at radius 2 is 2.33 bits per heavy atom. The van der Waals surface area contributed by atoms with Gasteiger partial charge in [0.15, 0.2) is 0 Å². The molecule has 0 fully saturated rings. The van der Waals surface area contributed by atoms with E-state index in [2.05, 4.69) is 15.3 Å². The normalized spacial score (nSPS) is 10.6. The van der Waals surface area contributed by atoms with E-state index in [-0.39, 0.29) is 17.7 Å². The maximum absolute atomic E-state index is 11.5. The van der Waals surface area contributed by atoms with E-state index >= 15 is 0 Å². The van der Waals surface area contributed by atoms with Gasteiger partial charge in [0.1, 0.15) is 10.6 Å². The van der Waals surface area contributed by atoms with Gasteiger partial charge < -0.3 is 10.2 Å². The van der Waals surface area contributed by atoms with Crippen LogP contribution in [0.4, 0.5) is 5.82 Å². The zero-order chi connectivity index (χ0) is 13.1. The maximum Gasteiger partial charge on any atom is 0.239 e. The van der Waals surface area contributed by atoms with Gasteiger partial charge in [-0.3, -0.25) is 4.79 Å². The van der Waals surface area contributed by atoms with Crippen molar-refractivity contribution in [2.24, 2.45) is 0 Å². The number of aromatic nitrogens is 2. The Balaban J connectivity index is 2.43. The zero-order valence-electron chi connectivity index (χ0n) is 10.1. The molecular weight excluding hydrogens is 272 g/mol. The fourth-order valence-corrected chi connectivity index (χ4v) is 2.62. The summed E-state index contributed by atoms with van der Waals surface area (Å²) in [6.07, 6.45) is 0. The fraction of sp³-hybridized carbons (Fsp3) is 0.364. The number of hydrogen-bond acceptors (Lipinski definition) is 5. The molecule has 0 unspecified atom stereocenters. The predicted octanol–water partition coefficient (Wildman–Crippen LogP) is 1.92. The quantitative estimate of drug-likeness (QED) is 0.872. The molecule has 0 radical (unpaired) electrons. The summed E-state index contributed by atoms with van der Waals surface area (Å²) in [5, 5.41) is 5.67. The number of amides is 1.